The van der Waals surface area contributed by atoms with Gasteiger partial charge in [0.05, 0.1) is 24.4 Å². The molecule has 3 atom stereocenters. The maximum atomic E-state index is 12.2. The average Bonchev–Trinajstić information content (AvgIpc) is 2.92. The molecular formula is C28H51NO9S+. The summed E-state index contributed by atoms with van der Waals surface area (Å²) in [5, 5.41) is 7.72. The van der Waals surface area contributed by atoms with Crippen molar-refractivity contribution >= 4 is 22.4 Å². The number of aliphatic hydroxyl groups excluding tert-OH is 1. The van der Waals surface area contributed by atoms with Gasteiger partial charge in [0.1, 0.15) is 19.1 Å². The second-order valence-corrected chi connectivity index (χ2v) is 11.3. The van der Waals surface area contributed by atoms with Crippen LogP contribution in [0.4, 0.5) is 0 Å². The number of aliphatic hydroxyl groups is 1. The smallest absolute Gasteiger partial charge is 0.428 e. The fourth-order valence-corrected chi connectivity index (χ4v) is 4.50. The molecule has 3 unspecified atom stereocenters. The Labute approximate surface area is 236 Å². The van der Waals surface area contributed by atoms with Crippen molar-refractivity contribution in [1.82, 2.24) is 0 Å². The molecule has 0 aliphatic rings. The van der Waals surface area contributed by atoms with Gasteiger partial charge in [-0.2, -0.15) is 5.90 Å². The third-order valence-corrected chi connectivity index (χ3v) is 7.30. The number of carbonyl (C=O) groups excluding carboxylic acids is 2. The van der Waals surface area contributed by atoms with Crippen LogP contribution in [0.15, 0.2) is 24.8 Å². The van der Waals surface area contributed by atoms with Crippen molar-refractivity contribution in [2.45, 2.75) is 115 Å². The lowest BCUT2D eigenvalue weighted by molar-refractivity contribution is -0.152. The van der Waals surface area contributed by atoms with Gasteiger partial charge >= 0.3 is 22.4 Å². The van der Waals surface area contributed by atoms with Gasteiger partial charge < -0.3 is 19.3 Å². The molecule has 3 N–H and O–H groups in total. The SMILES string of the molecule is C=CCOCC(O)COC(=O)C(CC(=O)OCCCCCCCC/C=C/CCCCCCCC)[S+]([O])(=O)ON. The largest absolute Gasteiger partial charge is 0.466 e. The Hall–Kier alpha value is -1.63. The number of ether oxygens (including phenoxy) is 3. The lowest BCUT2D eigenvalue weighted by Crippen LogP contribution is -2.41. The van der Waals surface area contributed by atoms with Crippen LogP contribution in [0.2, 0.25) is 0 Å². The van der Waals surface area contributed by atoms with E-state index in [1.54, 1.807) is 0 Å². The molecule has 0 aliphatic carbocycles. The fourth-order valence-electron chi connectivity index (χ4n) is 3.72. The summed E-state index contributed by atoms with van der Waals surface area (Å²) < 4.78 is 42.8. The molecule has 0 aromatic rings. The van der Waals surface area contributed by atoms with Gasteiger partial charge in [0.15, 0.2) is 0 Å². The van der Waals surface area contributed by atoms with E-state index in [1.165, 1.54) is 51.0 Å². The number of nitrogens with two attached hydrogens (primary N) is 1. The Morgan fingerprint density at radius 2 is 1.46 bits per heavy atom. The van der Waals surface area contributed by atoms with Crippen LogP contribution in [0.3, 0.4) is 0 Å². The molecule has 39 heavy (non-hydrogen) atoms. The summed E-state index contributed by atoms with van der Waals surface area (Å²) in [5.74, 6) is 2.60. The van der Waals surface area contributed by atoms with Gasteiger partial charge in [0.2, 0.25) is 0 Å². The molecule has 0 bridgehead atoms. The van der Waals surface area contributed by atoms with Crippen molar-refractivity contribution in [1.29, 1.82) is 0 Å². The van der Waals surface area contributed by atoms with Gasteiger partial charge in [-0.15, -0.1) is 6.58 Å². The normalized spacial score (nSPS) is 14.6. The molecule has 0 aromatic heterocycles. The Kier molecular flexibility index (Phi) is 24.3. The highest BCUT2D eigenvalue weighted by Crippen LogP contribution is 2.17. The summed E-state index contributed by atoms with van der Waals surface area (Å²) in [6.45, 7) is 5.31. The van der Waals surface area contributed by atoms with E-state index >= 15 is 0 Å². The zero-order chi connectivity index (χ0) is 29.2. The minimum absolute atomic E-state index is 0.116. The molecule has 0 spiro atoms. The van der Waals surface area contributed by atoms with Crippen molar-refractivity contribution in [2.75, 3.05) is 26.4 Å². The zero-order valence-corrected chi connectivity index (χ0v) is 24.5. The van der Waals surface area contributed by atoms with Crippen LogP contribution >= 0.6 is 0 Å². The molecule has 0 amide bonds. The predicted octanol–water partition coefficient (Wildman–Crippen LogP) is 5.08. The van der Waals surface area contributed by atoms with Gasteiger partial charge in [0, 0.05) is 0 Å². The summed E-state index contributed by atoms with van der Waals surface area (Å²) in [7, 11) is -4.61. The second kappa shape index (κ2) is 25.3. The van der Waals surface area contributed by atoms with Crippen molar-refractivity contribution in [3.63, 3.8) is 0 Å². The molecule has 10 nitrogen and oxygen atoms in total. The molecule has 227 valence electrons. The lowest BCUT2D eigenvalue weighted by atomic mass is 10.1. The van der Waals surface area contributed by atoms with E-state index in [-0.39, 0.29) is 19.8 Å². The van der Waals surface area contributed by atoms with Crippen LogP contribution in [-0.2, 0) is 47.3 Å². The van der Waals surface area contributed by atoms with Crippen LogP contribution in [0.1, 0.15) is 103 Å². The number of rotatable bonds is 27. The first-order valence-corrected chi connectivity index (χ1v) is 15.7. The lowest BCUT2D eigenvalue weighted by Gasteiger charge is -2.14. The Morgan fingerprint density at radius 3 is 2.03 bits per heavy atom. The number of unbranched alkanes of at least 4 members (excludes halogenated alkanes) is 12. The topological polar surface area (TPSA) is 154 Å². The number of carbonyl (C=O) groups is 2. The van der Waals surface area contributed by atoms with Crippen LogP contribution in [0.25, 0.3) is 0 Å². The number of esters is 2. The summed E-state index contributed by atoms with van der Waals surface area (Å²) in [5.41, 5.74) is 0. The van der Waals surface area contributed by atoms with Crippen LogP contribution in [0, 0.1) is 0 Å². The van der Waals surface area contributed by atoms with Gasteiger partial charge in [-0.05, 0) is 40.6 Å². The number of hydrogen-bond donors (Lipinski definition) is 2. The average molecular weight is 578 g/mol. The minimum atomic E-state index is -4.61. The van der Waals surface area contributed by atoms with E-state index in [9.17, 15) is 23.5 Å². The second-order valence-electron chi connectivity index (χ2n) is 9.55. The first kappa shape index (κ1) is 37.4. The summed E-state index contributed by atoms with van der Waals surface area (Å²) in [4.78, 5) is 24.4. The molecule has 0 heterocycles. The predicted molar refractivity (Wildman–Crippen MR) is 151 cm³/mol. The third-order valence-electron chi connectivity index (χ3n) is 5.98. The van der Waals surface area contributed by atoms with Crippen molar-refractivity contribution in [2.24, 2.45) is 5.90 Å². The minimum Gasteiger partial charge on any atom is -0.466 e. The van der Waals surface area contributed by atoms with E-state index in [0.717, 1.165) is 38.5 Å². The molecule has 11 heteroatoms. The fraction of sp³-hybridized carbons (Fsp3) is 0.786. The molecule has 0 aliphatic heterocycles. The maximum Gasteiger partial charge on any atom is 0.428 e. The molecule has 0 fully saturated rings. The quantitative estimate of drug-likeness (QED) is 0.0447. The van der Waals surface area contributed by atoms with E-state index in [1.807, 2.05) is 0 Å². The molecule has 1 radical (unpaired) electrons. The zero-order valence-electron chi connectivity index (χ0n) is 23.7. The highest BCUT2D eigenvalue weighted by molar-refractivity contribution is 7.94. The monoisotopic (exact) mass is 577 g/mol. The van der Waals surface area contributed by atoms with Crippen LogP contribution in [0.5, 0.6) is 0 Å². The number of allylic oxidation sites excluding steroid dienone is 2. The molecule has 0 saturated carbocycles. The third kappa shape index (κ3) is 21.8. The van der Waals surface area contributed by atoms with Crippen molar-refractivity contribution in [3.05, 3.63) is 24.8 Å². The summed E-state index contributed by atoms with van der Waals surface area (Å²) in [6.07, 6.45) is 20.2. The highest BCUT2D eigenvalue weighted by atomic mass is 32.3. The van der Waals surface area contributed by atoms with E-state index < -0.39 is 46.8 Å². The van der Waals surface area contributed by atoms with Crippen molar-refractivity contribution in [3.8, 4) is 0 Å². The summed E-state index contributed by atoms with van der Waals surface area (Å²) in [6, 6.07) is 0. The molecule has 0 saturated heterocycles. The first-order chi connectivity index (χ1) is 18.8. The van der Waals surface area contributed by atoms with E-state index in [0.29, 0.717) is 6.42 Å². The van der Waals surface area contributed by atoms with Gasteiger partial charge in [-0.25, -0.2) is 4.79 Å². The molecule has 0 rings (SSSR count). The Balaban J connectivity index is 4.01. The van der Waals surface area contributed by atoms with Crippen LogP contribution in [-0.4, -0.2) is 54.8 Å². The maximum absolute atomic E-state index is 12.2. The van der Waals surface area contributed by atoms with E-state index in [4.69, 9.17) is 20.1 Å². The molecule has 0 aromatic carbocycles. The van der Waals surface area contributed by atoms with Crippen LogP contribution < -0.4 is 5.90 Å². The van der Waals surface area contributed by atoms with E-state index in [2.05, 4.69) is 29.9 Å². The van der Waals surface area contributed by atoms with Crippen molar-refractivity contribution < 1.29 is 42.0 Å². The standard InChI is InChI=1S/C28H51NO9S/c1-3-5-6-7-8-9-10-11-12-13-14-15-16-17-18-19-21-36-27(31)22-26(39(33,34)38-29)28(32)37-24-25(30)23-35-20-4-2/h4,11-12,25-26,30H,2-3,5-10,13-24,29H2,1H3/q+1/b12-11+. The Bertz CT molecular complexity index is 717. The highest BCUT2D eigenvalue weighted by Gasteiger charge is 2.51. The van der Waals surface area contributed by atoms with Gasteiger partial charge in [-0.1, -0.05) is 82.9 Å². The number of hydrogen-bond acceptors (Lipinski definition) is 9. The summed E-state index contributed by atoms with van der Waals surface area (Å²) >= 11 is 0. The Morgan fingerprint density at radius 1 is 0.897 bits per heavy atom. The van der Waals surface area contributed by atoms with Gasteiger partial charge in [-0.3, -0.25) is 4.79 Å². The molecular weight excluding hydrogens is 526 g/mol. The van der Waals surface area contributed by atoms with Gasteiger partial charge in [0.25, 0.3) is 5.25 Å². The first-order valence-electron chi connectivity index (χ1n) is 14.2.